The first-order chi connectivity index (χ1) is 7.83. The van der Waals surface area contributed by atoms with Crippen molar-refractivity contribution in [3.8, 4) is 0 Å². The largest absolute Gasteiger partial charge is 0.479 e. The Bertz CT molecular complexity index is 405. The Kier molecular flexibility index (Phi) is 4.01. The van der Waals surface area contributed by atoms with Gasteiger partial charge < -0.3 is 15.5 Å². The van der Waals surface area contributed by atoms with Gasteiger partial charge in [-0.2, -0.15) is 0 Å². The molecule has 0 aliphatic carbocycles. The van der Waals surface area contributed by atoms with Gasteiger partial charge >= 0.3 is 5.97 Å². The number of aliphatic carboxylic acids is 1. The van der Waals surface area contributed by atoms with Crippen molar-refractivity contribution in [1.29, 1.82) is 0 Å². The second-order valence-corrected chi connectivity index (χ2v) is 4.39. The smallest absolute Gasteiger partial charge is 0.337 e. The molecule has 3 N–H and O–H groups in total. The van der Waals surface area contributed by atoms with E-state index in [1.54, 1.807) is 12.3 Å². The molecule has 6 heteroatoms. The van der Waals surface area contributed by atoms with E-state index in [0.717, 1.165) is 0 Å². The van der Waals surface area contributed by atoms with Crippen LogP contribution in [0, 0.1) is 0 Å². The summed E-state index contributed by atoms with van der Waals surface area (Å²) >= 11 is 0. The average molecular weight is 239 g/mol. The summed E-state index contributed by atoms with van der Waals surface area (Å²) in [5.41, 5.74) is -1.82. The second-order valence-electron chi connectivity index (χ2n) is 4.39. The van der Waals surface area contributed by atoms with Crippen LogP contribution < -0.4 is 5.32 Å². The van der Waals surface area contributed by atoms with E-state index in [4.69, 9.17) is 5.11 Å². The summed E-state index contributed by atoms with van der Waals surface area (Å²) in [4.78, 5) is 19.0. The number of hydrogen-bond donors (Lipinski definition) is 3. The Morgan fingerprint density at radius 3 is 2.76 bits per heavy atom. The highest BCUT2D eigenvalue weighted by molar-refractivity contribution is 5.77. The molecular weight excluding hydrogens is 222 g/mol. The maximum Gasteiger partial charge on any atom is 0.337 e. The van der Waals surface area contributed by atoms with Crippen LogP contribution in [0.2, 0.25) is 0 Å². The molecule has 0 aromatic carbocycles. The van der Waals surface area contributed by atoms with E-state index in [0.29, 0.717) is 11.6 Å². The molecule has 94 valence electrons. The Labute approximate surface area is 99.7 Å². The van der Waals surface area contributed by atoms with Crippen molar-refractivity contribution in [2.45, 2.75) is 32.3 Å². The van der Waals surface area contributed by atoms with Crippen LogP contribution in [0.3, 0.4) is 0 Å². The van der Waals surface area contributed by atoms with Crippen LogP contribution >= 0.6 is 0 Å². The molecule has 0 amide bonds. The van der Waals surface area contributed by atoms with Gasteiger partial charge in [0.25, 0.3) is 0 Å². The number of carbonyl (C=O) groups is 1. The molecule has 0 aliphatic rings. The van der Waals surface area contributed by atoms with E-state index in [9.17, 15) is 9.90 Å². The van der Waals surface area contributed by atoms with Gasteiger partial charge in [0.15, 0.2) is 5.60 Å². The fraction of sp³-hybridized carbons (Fsp3) is 0.545. The quantitative estimate of drug-likeness (QED) is 0.705. The van der Waals surface area contributed by atoms with E-state index in [1.165, 1.54) is 6.92 Å². The number of aliphatic hydroxyl groups is 1. The zero-order valence-corrected chi connectivity index (χ0v) is 10.1. The highest BCUT2D eigenvalue weighted by Crippen LogP contribution is 2.12. The van der Waals surface area contributed by atoms with Gasteiger partial charge in [-0.25, -0.2) is 14.8 Å². The summed E-state index contributed by atoms with van der Waals surface area (Å²) in [6, 6.07) is 1.63. The van der Waals surface area contributed by atoms with Crippen molar-refractivity contribution in [3.63, 3.8) is 0 Å². The van der Waals surface area contributed by atoms with Crippen molar-refractivity contribution >= 4 is 11.8 Å². The van der Waals surface area contributed by atoms with Crippen LogP contribution in [0.15, 0.2) is 12.3 Å². The molecular formula is C11H17N3O3. The van der Waals surface area contributed by atoms with Crippen molar-refractivity contribution < 1.29 is 15.0 Å². The topological polar surface area (TPSA) is 95.3 Å². The minimum absolute atomic E-state index is 0.114. The summed E-state index contributed by atoms with van der Waals surface area (Å²) in [6.45, 7) is 5.04. The number of rotatable bonds is 5. The molecule has 1 aromatic rings. The molecule has 1 aromatic heterocycles. The first kappa shape index (κ1) is 13.4. The van der Waals surface area contributed by atoms with Gasteiger partial charge in [-0.15, -0.1) is 0 Å². The third-order valence-corrected chi connectivity index (χ3v) is 2.27. The molecule has 0 spiro atoms. The molecule has 1 heterocycles. The molecule has 1 atom stereocenters. The van der Waals surface area contributed by atoms with E-state index in [2.05, 4.69) is 15.3 Å². The number of nitrogens with one attached hydrogen (secondary N) is 1. The number of hydrogen-bond acceptors (Lipinski definition) is 5. The van der Waals surface area contributed by atoms with Gasteiger partial charge in [-0.1, -0.05) is 13.8 Å². The summed E-state index contributed by atoms with van der Waals surface area (Å²) < 4.78 is 0. The van der Waals surface area contributed by atoms with Crippen LogP contribution in [0.25, 0.3) is 0 Å². The number of anilines is 1. The monoisotopic (exact) mass is 239 g/mol. The predicted octanol–water partition coefficient (Wildman–Crippen LogP) is 0.847. The molecule has 0 bridgehead atoms. The lowest BCUT2D eigenvalue weighted by molar-refractivity contribution is -0.155. The molecule has 1 rings (SSSR count). The zero-order valence-electron chi connectivity index (χ0n) is 10.1. The molecule has 0 radical (unpaired) electrons. The van der Waals surface area contributed by atoms with Crippen LogP contribution in [0.1, 0.15) is 32.5 Å². The number of carboxylic acid groups (broad SMARTS) is 1. The first-order valence-electron chi connectivity index (χ1n) is 5.35. The third kappa shape index (κ3) is 3.67. The number of aromatic nitrogens is 2. The lowest BCUT2D eigenvalue weighted by Gasteiger charge is -2.18. The van der Waals surface area contributed by atoms with Gasteiger partial charge in [-0.05, 0) is 13.0 Å². The van der Waals surface area contributed by atoms with E-state index < -0.39 is 11.6 Å². The van der Waals surface area contributed by atoms with Gasteiger partial charge in [-0.3, -0.25) is 0 Å². The molecule has 6 nitrogen and oxygen atoms in total. The number of nitrogens with zero attached hydrogens (tertiary/aromatic N) is 2. The number of carboxylic acids is 1. The Morgan fingerprint density at radius 2 is 2.24 bits per heavy atom. The van der Waals surface area contributed by atoms with Crippen molar-refractivity contribution in [1.82, 2.24) is 9.97 Å². The lowest BCUT2D eigenvalue weighted by atomic mass is 10.1. The van der Waals surface area contributed by atoms with Crippen LogP contribution in [0.4, 0.5) is 5.82 Å². The highest BCUT2D eigenvalue weighted by Gasteiger charge is 2.29. The SMILES string of the molecule is CC(C)c1nccc(NCC(C)(O)C(=O)O)n1. The summed E-state index contributed by atoms with van der Waals surface area (Å²) in [5.74, 6) is 0.0927. The maximum atomic E-state index is 10.7. The first-order valence-corrected chi connectivity index (χ1v) is 5.35. The van der Waals surface area contributed by atoms with Crippen molar-refractivity contribution in [2.24, 2.45) is 0 Å². The molecule has 0 saturated heterocycles. The standard InChI is InChI=1S/C11H17N3O3/c1-7(2)9-12-5-4-8(14-9)13-6-11(3,17)10(15)16/h4-5,7,17H,6H2,1-3H3,(H,15,16)(H,12,13,14). The predicted molar refractivity (Wildman–Crippen MR) is 62.9 cm³/mol. The Balaban J connectivity index is 2.70. The molecule has 0 saturated carbocycles. The van der Waals surface area contributed by atoms with Crippen LogP contribution in [0.5, 0.6) is 0 Å². The van der Waals surface area contributed by atoms with E-state index >= 15 is 0 Å². The normalized spacial score (nSPS) is 14.4. The van der Waals surface area contributed by atoms with Crippen LogP contribution in [-0.4, -0.2) is 38.3 Å². The highest BCUT2D eigenvalue weighted by atomic mass is 16.4. The molecule has 0 aliphatic heterocycles. The summed E-state index contributed by atoms with van der Waals surface area (Å²) in [5, 5.41) is 21.0. The Morgan fingerprint density at radius 1 is 1.59 bits per heavy atom. The van der Waals surface area contributed by atoms with Crippen LogP contribution in [-0.2, 0) is 4.79 Å². The lowest BCUT2D eigenvalue weighted by Crippen LogP contribution is -2.42. The fourth-order valence-electron chi connectivity index (χ4n) is 1.09. The molecule has 0 fully saturated rings. The second kappa shape index (κ2) is 5.09. The van der Waals surface area contributed by atoms with E-state index in [1.807, 2.05) is 13.8 Å². The van der Waals surface area contributed by atoms with Gasteiger partial charge in [0.05, 0.1) is 6.54 Å². The zero-order chi connectivity index (χ0) is 13.1. The minimum Gasteiger partial charge on any atom is -0.479 e. The van der Waals surface area contributed by atoms with E-state index in [-0.39, 0.29) is 12.5 Å². The van der Waals surface area contributed by atoms with Crippen molar-refractivity contribution in [2.75, 3.05) is 11.9 Å². The van der Waals surface area contributed by atoms with Gasteiger partial charge in [0.2, 0.25) is 0 Å². The Hall–Kier alpha value is -1.69. The fourth-order valence-corrected chi connectivity index (χ4v) is 1.09. The van der Waals surface area contributed by atoms with Crippen molar-refractivity contribution in [3.05, 3.63) is 18.1 Å². The van der Waals surface area contributed by atoms with Gasteiger partial charge in [0.1, 0.15) is 11.6 Å². The minimum atomic E-state index is -1.82. The molecule has 17 heavy (non-hydrogen) atoms. The van der Waals surface area contributed by atoms with Gasteiger partial charge in [0, 0.05) is 12.1 Å². The maximum absolute atomic E-state index is 10.7. The average Bonchev–Trinajstić information content (AvgIpc) is 2.26. The third-order valence-electron chi connectivity index (χ3n) is 2.27. The molecule has 1 unspecified atom stereocenters. The summed E-state index contributed by atoms with van der Waals surface area (Å²) in [6.07, 6.45) is 1.60. The summed E-state index contributed by atoms with van der Waals surface area (Å²) in [7, 11) is 0.